The van der Waals surface area contributed by atoms with E-state index in [1.807, 2.05) is 18.2 Å². The molecule has 3 nitrogen and oxygen atoms in total. The Morgan fingerprint density at radius 1 is 1.29 bits per heavy atom. The van der Waals surface area contributed by atoms with Crippen LogP contribution in [0, 0.1) is 0 Å². The Labute approximate surface area is 102 Å². The molecule has 0 bridgehead atoms. The molecule has 1 aromatic rings. The molecule has 3 rings (SSSR count). The molecule has 0 amide bonds. The van der Waals surface area contributed by atoms with Gasteiger partial charge >= 0.3 is 0 Å². The lowest BCUT2D eigenvalue weighted by Crippen LogP contribution is -2.22. The SMILES string of the molecule is NC1(CCc2cccc3c2S(=O)(=O)CC3)CC1. The summed E-state index contributed by atoms with van der Waals surface area (Å²) in [6.07, 6.45) is 4.51. The summed E-state index contributed by atoms with van der Waals surface area (Å²) in [5, 5.41) is 0. The van der Waals surface area contributed by atoms with Crippen molar-refractivity contribution >= 4 is 9.84 Å². The van der Waals surface area contributed by atoms with Crippen molar-refractivity contribution in [3.05, 3.63) is 29.3 Å². The highest BCUT2D eigenvalue weighted by Crippen LogP contribution is 2.38. The molecule has 0 atom stereocenters. The summed E-state index contributed by atoms with van der Waals surface area (Å²) in [6.45, 7) is 0. The van der Waals surface area contributed by atoms with E-state index >= 15 is 0 Å². The molecular formula is C13H17NO2S. The maximum atomic E-state index is 12.0. The highest BCUT2D eigenvalue weighted by Gasteiger charge is 2.38. The summed E-state index contributed by atoms with van der Waals surface area (Å²) in [5.41, 5.74) is 8.01. The van der Waals surface area contributed by atoms with Gasteiger partial charge < -0.3 is 5.73 Å². The molecule has 1 fully saturated rings. The maximum absolute atomic E-state index is 12.0. The van der Waals surface area contributed by atoms with E-state index in [0.29, 0.717) is 11.3 Å². The van der Waals surface area contributed by atoms with Crippen molar-refractivity contribution in [3.8, 4) is 0 Å². The zero-order valence-corrected chi connectivity index (χ0v) is 10.6. The highest BCUT2D eigenvalue weighted by molar-refractivity contribution is 7.91. The molecule has 4 heteroatoms. The molecule has 0 spiro atoms. The summed E-state index contributed by atoms with van der Waals surface area (Å²) < 4.78 is 24.0. The van der Waals surface area contributed by atoms with E-state index in [-0.39, 0.29) is 11.3 Å². The van der Waals surface area contributed by atoms with Gasteiger partial charge in [-0.1, -0.05) is 18.2 Å². The average molecular weight is 251 g/mol. The topological polar surface area (TPSA) is 60.2 Å². The lowest BCUT2D eigenvalue weighted by atomic mass is 10.0. The van der Waals surface area contributed by atoms with Crippen LogP contribution in [0.1, 0.15) is 30.4 Å². The van der Waals surface area contributed by atoms with Gasteiger partial charge in [0.05, 0.1) is 10.6 Å². The van der Waals surface area contributed by atoms with Crippen LogP contribution in [0.4, 0.5) is 0 Å². The molecular weight excluding hydrogens is 234 g/mol. The van der Waals surface area contributed by atoms with Gasteiger partial charge in [0.2, 0.25) is 0 Å². The molecule has 0 radical (unpaired) electrons. The summed E-state index contributed by atoms with van der Waals surface area (Å²) >= 11 is 0. The van der Waals surface area contributed by atoms with Crippen LogP contribution < -0.4 is 5.73 Å². The molecule has 0 saturated heterocycles. The summed E-state index contributed by atoms with van der Waals surface area (Å²) in [4.78, 5) is 0.601. The van der Waals surface area contributed by atoms with Crippen molar-refractivity contribution in [1.82, 2.24) is 0 Å². The van der Waals surface area contributed by atoms with Crippen LogP contribution in [0.2, 0.25) is 0 Å². The van der Waals surface area contributed by atoms with Crippen LogP contribution in [-0.2, 0) is 22.7 Å². The fraction of sp³-hybridized carbons (Fsp3) is 0.538. The zero-order chi connectivity index (χ0) is 12.1. The first-order chi connectivity index (χ1) is 8.00. The molecule has 1 aliphatic carbocycles. The molecule has 2 aliphatic rings. The molecule has 0 unspecified atom stereocenters. The van der Waals surface area contributed by atoms with E-state index in [9.17, 15) is 8.42 Å². The maximum Gasteiger partial charge on any atom is 0.179 e. The minimum atomic E-state index is -3.02. The lowest BCUT2D eigenvalue weighted by molar-refractivity contribution is 0.591. The predicted octanol–water partition coefficient (Wildman–Crippen LogP) is 1.44. The summed E-state index contributed by atoms with van der Waals surface area (Å²) in [6, 6.07) is 5.83. The number of fused-ring (bicyclic) bond motifs is 1. The Morgan fingerprint density at radius 3 is 2.76 bits per heavy atom. The average Bonchev–Trinajstić information content (AvgIpc) is 2.94. The van der Waals surface area contributed by atoms with Crippen molar-refractivity contribution in [2.24, 2.45) is 5.73 Å². The van der Waals surface area contributed by atoms with Crippen molar-refractivity contribution < 1.29 is 8.42 Å². The number of hydrogen-bond acceptors (Lipinski definition) is 3. The van der Waals surface area contributed by atoms with Crippen LogP contribution >= 0.6 is 0 Å². The van der Waals surface area contributed by atoms with Gasteiger partial charge in [0.1, 0.15) is 0 Å². The third kappa shape index (κ3) is 2.00. The Morgan fingerprint density at radius 2 is 2.06 bits per heavy atom. The van der Waals surface area contributed by atoms with Crippen LogP contribution in [0.25, 0.3) is 0 Å². The monoisotopic (exact) mass is 251 g/mol. The van der Waals surface area contributed by atoms with Gasteiger partial charge in [0.25, 0.3) is 0 Å². The second-order valence-electron chi connectivity index (χ2n) is 5.34. The number of rotatable bonds is 3. The Bertz CT molecular complexity index is 559. The Balaban J connectivity index is 1.93. The van der Waals surface area contributed by atoms with Gasteiger partial charge in [-0.25, -0.2) is 8.42 Å². The molecule has 2 N–H and O–H groups in total. The van der Waals surface area contributed by atoms with Crippen molar-refractivity contribution in [3.63, 3.8) is 0 Å². The van der Waals surface area contributed by atoms with Crippen LogP contribution in [0.5, 0.6) is 0 Å². The number of hydrogen-bond donors (Lipinski definition) is 1. The molecule has 1 saturated carbocycles. The molecule has 0 aromatic heterocycles. The molecule has 92 valence electrons. The van der Waals surface area contributed by atoms with Gasteiger partial charge in [-0.05, 0) is 43.2 Å². The minimum Gasteiger partial charge on any atom is -0.325 e. The number of sulfone groups is 1. The third-order valence-corrected chi connectivity index (χ3v) is 5.80. The predicted molar refractivity (Wildman–Crippen MR) is 66.7 cm³/mol. The van der Waals surface area contributed by atoms with E-state index in [1.54, 1.807) is 0 Å². The van der Waals surface area contributed by atoms with Crippen LogP contribution in [0.15, 0.2) is 23.1 Å². The summed E-state index contributed by atoms with van der Waals surface area (Å²) in [5.74, 6) is 0.271. The Hall–Kier alpha value is -0.870. The first-order valence-corrected chi connectivity index (χ1v) is 7.78. The van der Waals surface area contributed by atoms with Gasteiger partial charge in [0, 0.05) is 5.54 Å². The highest BCUT2D eigenvalue weighted by atomic mass is 32.2. The molecule has 1 heterocycles. The van der Waals surface area contributed by atoms with Crippen molar-refractivity contribution in [2.45, 2.75) is 42.5 Å². The van der Waals surface area contributed by atoms with E-state index in [4.69, 9.17) is 5.73 Å². The molecule has 1 aromatic carbocycles. The van der Waals surface area contributed by atoms with Gasteiger partial charge in [-0.15, -0.1) is 0 Å². The fourth-order valence-electron chi connectivity index (χ4n) is 2.57. The van der Waals surface area contributed by atoms with E-state index in [2.05, 4.69) is 0 Å². The largest absolute Gasteiger partial charge is 0.325 e. The molecule has 17 heavy (non-hydrogen) atoms. The second kappa shape index (κ2) is 3.56. The zero-order valence-electron chi connectivity index (χ0n) is 9.78. The second-order valence-corrected chi connectivity index (χ2v) is 7.38. The first kappa shape index (κ1) is 11.2. The molecule has 1 aliphatic heterocycles. The first-order valence-electron chi connectivity index (χ1n) is 6.13. The van der Waals surface area contributed by atoms with Crippen molar-refractivity contribution in [1.29, 1.82) is 0 Å². The van der Waals surface area contributed by atoms with E-state index < -0.39 is 9.84 Å². The van der Waals surface area contributed by atoms with Gasteiger partial charge in [-0.2, -0.15) is 0 Å². The normalized spacial score (nSPS) is 23.4. The van der Waals surface area contributed by atoms with Crippen LogP contribution in [0.3, 0.4) is 0 Å². The standard InChI is InChI=1S/C13H17NO2S/c14-13(7-8-13)6-4-10-2-1-3-11-5-9-17(15,16)12(10)11/h1-3H,4-9,14H2. The summed E-state index contributed by atoms with van der Waals surface area (Å²) in [7, 11) is -3.02. The van der Waals surface area contributed by atoms with Gasteiger partial charge in [-0.3, -0.25) is 0 Å². The quantitative estimate of drug-likeness (QED) is 0.884. The lowest BCUT2D eigenvalue weighted by Gasteiger charge is -2.11. The Kier molecular flexibility index (Phi) is 2.35. The van der Waals surface area contributed by atoms with Crippen LogP contribution in [-0.4, -0.2) is 19.7 Å². The number of benzene rings is 1. The number of aryl methyl sites for hydroxylation is 2. The fourth-order valence-corrected chi connectivity index (χ4v) is 4.40. The van der Waals surface area contributed by atoms with Gasteiger partial charge in [0.15, 0.2) is 9.84 Å². The smallest absolute Gasteiger partial charge is 0.179 e. The minimum absolute atomic E-state index is 0.00884. The van der Waals surface area contributed by atoms with Crippen molar-refractivity contribution in [2.75, 3.05) is 5.75 Å². The van der Waals surface area contributed by atoms with E-state index in [0.717, 1.165) is 36.8 Å². The number of nitrogens with two attached hydrogens (primary N) is 1. The van der Waals surface area contributed by atoms with E-state index in [1.165, 1.54) is 0 Å². The third-order valence-electron chi connectivity index (χ3n) is 3.91.